The molecule has 3 heteroatoms. The molecule has 0 bridgehead atoms. The third-order valence-electron chi connectivity index (χ3n) is 10.1. The molecule has 2 unspecified atom stereocenters. The monoisotopic (exact) mass is 579 g/mol. The van der Waals surface area contributed by atoms with E-state index in [4.69, 9.17) is 15.0 Å². The molecule has 1 heterocycles. The Hall–Kier alpha value is -5.15. The summed E-state index contributed by atoms with van der Waals surface area (Å²) in [4.78, 5) is 15.3. The summed E-state index contributed by atoms with van der Waals surface area (Å²) in [7, 11) is 0. The average Bonchev–Trinajstić information content (AvgIpc) is 3.56. The molecule has 4 aliphatic carbocycles. The fourth-order valence-electron chi connectivity index (χ4n) is 8.10. The van der Waals surface area contributed by atoms with Gasteiger partial charge in [0.15, 0.2) is 17.5 Å². The number of nitrogens with zero attached hydrogens (tertiary/aromatic N) is 3. The lowest BCUT2D eigenvalue weighted by atomic mass is 9.65. The van der Waals surface area contributed by atoms with Gasteiger partial charge in [0.2, 0.25) is 0 Å². The molecule has 0 amide bonds. The lowest BCUT2D eigenvalue weighted by Gasteiger charge is -2.36. The van der Waals surface area contributed by atoms with Crippen LogP contribution in [0.4, 0.5) is 0 Å². The molecule has 4 aliphatic rings. The van der Waals surface area contributed by atoms with E-state index in [9.17, 15) is 0 Å². The lowest BCUT2D eigenvalue weighted by Crippen LogP contribution is -2.30. The van der Waals surface area contributed by atoms with E-state index in [0.717, 1.165) is 35.4 Å². The van der Waals surface area contributed by atoms with Gasteiger partial charge in [-0.1, -0.05) is 135 Å². The summed E-state index contributed by atoms with van der Waals surface area (Å²) in [5.74, 6) is 3.06. The van der Waals surface area contributed by atoms with Crippen LogP contribution in [0.25, 0.3) is 45.0 Å². The van der Waals surface area contributed by atoms with E-state index in [1.165, 1.54) is 44.5 Å². The van der Waals surface area contributed by atoms with Crippen LogP contribution in [0.15, 0.2) is 133 Å². The predicted molar refractivity (Wildman–Crippen MR) is 183 cm³/mol. The van der Waals surface area contributed by atoms with Gasteiger partial charge in [-0.2, -0.15) is 0 Å². The Morgan fingerprint density at radius 1 is 0.600 bits per heavy atom. The zero-order chi connectivity index (χ0) is 30.1. The highest BCUT2D eigenvalue weighted by Crippen LogP contribution is 2.64. The van der Waals surface area contributed by atoms with Crippen LogP contribution in [0.5, 0.6) is 0 Å². The van der Waals surface area contributed by atoms with Crippen molar-refractivity contribution in [1.29, 1.82) is 0 Å². The first-order valence-corrected chi connectivity index (χ1v) is 16.1. The molecular formula is C42H33N3. The van der Waals surface area contributed by atoms with Gasteiger partial charge in [-0.25, -0.2) is 15.0 Å². The van der Waals surface area contributed by atoms with E-state index >= 15 is 0 Å². The molecule has 0 saturated heterocycles. The van der Waals surface area contributed by atoms with Gasteiger partial charge in [0.05, 0.1) is 5.41 Å². The number of allylic oxidation sites excluding steroid dienone is 8. The van der Waals surface area contributed by atoms with Crippen LogP contribution in [0.3, 0.4) is 0 Å². The van der Waals surface area contributed by atoms with Crippen molar-refractivity contribution in [2.45, 2.75) is 32.1 Å². The standard InChI is InChI=1S/C42H33N3/c1-26-19-21-29(22-20-26)40-43-39(28-12-4-3-5-13-28)44-41(45-40)30-23-24-33-34-16-10-11-27(2)38(34)42(37(33)25-30)35-17-8-6-14-31(35)32-15-7-9-18-36(32)42/h3-10,12-19,21-27H,11,20H2,1-2H3. The molecule has 4 aromatic carbocycles. The summed E-state index contributed by atoms with van der Waals surface area (Å²) in [6.45, 7) is 4.63. The number of aromatic nitrogens is 3. The van der Waals surface area contributed by atoms with Crippen molar-refractivity contribution in [3.8, 4) is 33.9 Å². The molecule has 1 aromatic heterocycles. The van der Waals surface area contributed by atoms with E-state index in [-0.39, 0.29) is 5.41 Å². The van der Waals surface area contributed by atoms with Crippen molar-refractivity contribution in [1.82, 2.24) is 15.0 Å². The molecule has 3 nitrogen and oxygen atoms in total. The summed E-state index contributed by atoms with van der Waals surface area (Å²) < 4.78 is 0. The van der Waals surface area contributed by atoms with Crippen molar-refractivity contribution >= 4 is 11.1 Å². The Labute approximate surface area is 264 Å². The molecule has 0 fully saturated rings. The molecular weight excluding hydrogens is 546 g/mol. The zero-order valence-electron chi connectivity index (χ0n) is 25.5. The normalized spacial score (nSPS) is 20.1. The third kappa shape index (κ3) is 3.80. The molecule has 216 valence electrons. The van der Waals surface area contributed by atoms with E-state index in [1.54, 1.807) is 0 Å². The van der Waals surface area contributed by atoms with Crippen molar-refractivity contribution in [2.24, 2.45) is 11.8 Å². The van der Waals surface area contributed by atoms with Crippen molar-refractivity contribution in [2.75, 3.05) is 0 Å². The Morgan fingerprint density at radius 2 is 1.27 bits per heavy atom. The third-order valence-corrected chi connectivity index (χ3v) is 10.1. The second-order valence-corrected chi connectivity index (χ2v) is 12.9. The van der Waals surface area contributed by atoms with Crippen molar-refractivity contribution in [3.63, 3.8) is 0 Å². The largest absolute Gasteiger partial charge is 0.208 e. The molecule has 0 N–H and O–H groups in total. The maximum absolute atomic E-state index is 5.14. The zero-order valence-corrected chi connectivity index (χ0v) is 25.5. The highest BCUT2D eigenvalue weighted by Gasteiger charge is 2.54. The highest BCUT2D eigenvalue weighted by molar-refractivity contribution is 5.98. The number of rotatable bonds is 3. The van der Waals surface area contributed by atoms with Gasteiger partial charge in [0.1, 0.15) is 0 Å². The molecule has 0 aliphatic heterocycles. The summed E-state index contributed by atoms with van der Waals surface area (Å²) >= 11 is 0. The van der Waals surface area contributed by atoms with Crippen molar-refractivity contribution in [3.05, 3.63) is 161 Å². The van der Waals surface area contributed by atoms with Crippen LogP contribution < -0.4 is 0 Å². The Kier molecular flexibility index (Phi) is 5.80. The maximum Gasteiger partial charge on any atom is 0.164 e. The fourth-order valence-corrected chi connectivity index (χ4v) is 8.10. The Balaban J connectivity index is 1.30. The minimum atomic E-state index is -0.346. The van der Waals surface area contributed by atoms with Crippen LogP contribution in [-0.2, 0) is 5.41 Å². The van der Waals surface area contributed by atoms with Gasteiger partial charge in [-0.05, 0) is 75.3 Å². The van der Waals surface area contributed by atoms with E-state index in [0.29, 0.717) is 23.5 Å². The quantitative estimate of drug-likeness (QED) is 0.214. The van der Waals surface area contributed by atoms with Gasteiger partial charge in [-0.15, -0.1) is 0 Å². The van der Waals surface area contributed by atoms with Crippen LogP contribution in [0, 0.1) is 11.8 Å². The predicted octanol–water partition coefficient (Wildman–Crippen LogP) is 9.86. The summed E-state index contributed by atoms with van der Waals surface area (Å²) in [5.41, 5.74) is 13.7. The van der Waals surface area contributed by atoms with E-state index in [1.807, 2.05) is 18.2 Å². The summed E-state index contributed by atoms with van der Waals surface area (Å²) in [6.07, 6.45) is 13.4. The first-order valence-electron chi connectivity index (χ1n) is 16.1. The fraction of sp³-hybridized carbons (Fsp3) is 0.167. The molecule has 2 atom stereocenters. The molecule has 0 saturated carbocycles. The van der Waals surface area contributed by atoms with Gasteiger partial charge in [-0.3, -0.25) is 0 Å². The maximum atomic E-state index is 5.14. The van der Waals surface area contributed by atoms with Gasteiger partial charge < -0.3 is 0 Å². The lowest BCUT2D eigenvalue weighted by molar-refractivity contribution is 0.591. The van der Waals surface area contributed by atoms with Crippen LogP contribution in [-0.4, -0.2) is 15.0 Å². The molecule has 0 radical (unpaired) electrons. The number of hydrogen-bond donors (Lipinski definition) is 0. The van der Waals surface area contributed by atoms with Gasteiger partial charge in [0.25, 0.3) is 0 Å². The van der Waals surface area contributed by atoms with Crippen LogP contribution >= 0.6 is 0 Å². The first kappa shape index (κ1) is 26.3. The Bertz CT molecular complexity index is 2100. The summed E-state index contributed by atoms with van der Waals surface area (Å²) in [6, 6.07) is 35.2. The second kappa shape index (κ2) is 9.93. The van der Waals surface area contributed by atoms with E-state index < -0.39 is 0 Å². The molecule has 45 heavy (non-hydrogen) atoms. The number of hydrogen-bond acceptors (Lipinski definition) is 3. The van der Waals surface area contributed by atoms with Crippen molar-refractivity contribution < 1.29 is 0 Å². The topological polar surface area (TPSA) is 38.7 Å². The minimum absolute atomic E-state index is 0.346. The van der Waals surface area contributed by atoms with Crippen LogP contribution in [0.1, 0.15) is 54.8 Å². The van der Waals surface area contributed by atoms with Gasteiger partial charge >= 0.3 is 0 Å². The molecule has 1 spiro atoms. The van der Waals surface area contributed by atoms with E-state index in [2.05, 4.69) is 123 Å². The molecule has 5 aromatic rings. The Morgan fingerprint density at radius 3 is 1.98 bits per heavy atom. The highest BCUT2D eigenvalue weighted by atomic mass is 15.0. The smallest absolute Gasteiger partial charge is 0.164 e. The first-order chi connectivity index (χ1) is 22.1. The average molecular weight is 580 g/mol. The second-order valence-electron chi connectivity index (χ2n) is 12.9. The minimum Gasteiger partial charge on any atom is -0.208 e. The summed E-state index contributed by atoms with van der Waals surface area (Å²) in [5, 5.41) is 0. The molecule has 9 rings (SSSR count). The number of benzene rings is 4. The number of fused-ring (bicyclic) bond motifs is 9. The van der Waals surface area contributed by atoms with Gasteiger partial charge in [0, 0.05) is 16.7 Å². The SMILES string of the molecule is CC1C=CC(c2nc(-c3ccccc3)nc(-c3ccc4c(c3)C3(C5=C4C=CCC5C)c4ccccc4-c4ccccc43)n2)=CC1. The van der Waals surface area contributed by atoms with Crippen LogP contribution in [0.2, 0.25) is 0 Å².